The quantitative estimate of drug-likeness (QED) is 0.799. The predicted octanol–water partition coefficient (Wildman–Crippen LogP) is 4.50. The molecule has 1 aliphatic rings. The van der Waals surface area contributed by atoms with Gasteiger partial charge in [-0.1, -0.05) is 35.3 Å². The lowest BCUT2D eigenvalue weighted by Gasteiger charge is -2.36. The van der Waals surface area contributed by atoms with E-state index >= 15 is 0 Å². The Morgan fingerprint density at radius 1 is 0.913 bits per heavy atom. The van der Waals surface area contributed by atoms with Crippen LogP contribution < -0.4 is 4.90 Å². The maximum Gasteiger partial charge on any atom is 0.123 e. The van der Waals surface area contributed by atoms with Gasteiger partial charge in [-0.25, -0.2) is 4.39 Å². The van der Waals surface area contributed by atoms with E-state index in [9.17, 15) is 4.39 Å². The van der Waals surface area contributed by atoms with Gasteiger partial charge in [-0.05, 0) is 42.3 Å². The number of hydrogen-bond donors (Lipinski definition) is 0. The van der Waals surface area contributed by atoms with E-state index in [1.165, 1.54) is 17.7 Å². The van der Waals surface area contributed by atoms with Gasteiger partial charge in [-0.3, -0.25) is 4.90 Å². The van der Waals surface area contributed by atoms with E-state index in [1.807, 2.05) is 24.3 Å². The number of nitrogens with zero attached hydrogens (tertiary/aromatic N) is 2. The minimum absolute atomic E-state index is 0.179. The van der Waals surface area contributed by atoms with Gasteiger partial charge in [0.25, 0.3) is 0 Å². The SMILES string of the molecule is Fc1ccc(CCN2CCN(c3ccc(Cl)cc3Cl)CC2)cc1. The fourth-order valence-electron chi connectivity index (χ4n) is 2.89. The van der Waals surface area contributed by atoms with Gasteiger partial charge in [0.1, 0.15) is 5.82 Å². The van der Waals surface area contributed by atoms with E-state index in [0.717, 1.165) is 44.8 Å². The second-order valence-electron chi connectivity index (χ2n) is 5.80. The zero-order valence-corrected chi connectivity index (χ0v) is 14.3. The fourth-order valence-corrected chi connectivity index (χ4v) is 3.42. The summed E-state index contributed by atoms with van der Waals surface area (Å²) in [5, 5.41) is 1.37. The van der Waals surface area contributed by atoms with Crippen molar-refractivity contribution in [3.05, 3.63) is 63.9 Å². The summed E-state index contributed by atoms with van der Waals surface area (Å²) >= 11 is 12.2. The molecule has 1 fully saturated rings. The molecule has 0 atom stereocenters. The van der Waals surface area contributed by atoms with E-state index in [2.05, 4.69) is 9.80 Å². The van der Waals surface area contributed by atoms with Crippen LogP contribution in [0.4, 0.5) is 10.1 Å². The molecule has 2 aromatic rings. The van der Waals surface area contributed by atoms with Crippen LogP contribution in [-0.2, 0) is 6.42 Å². The maximum atomic E-state index is 12.9. The lowest BCUT2D eigenvalue weighted by Crippen LogP contribution is -2.47. The van der Waals surface area contributed by atoms with Crippen LogP contribution in [0.25, 0.3) is 0 Å². The molecule has 2 aromatic carbocycles. The van der Waals surface area contributed by atoms with Gasteiger partial charge in [0.05, 0.1) is 10.7 Å². The van der Waals surface area contributed by atoms with E-state index < -0.39 is 0 Å². The van der Waals surface area contributed by atoms with Crippen LogP contribution in [0, 0.1) is 5.82 Å². The summed E-state index contributed by atoms with van der Waals surface area (Å²) in [6.45, 7) is 4.89. The van der Waals surface area contributed by atoms with Crippen molar-refractivity contribution in [2.24, 2.45) is 0 Å². The van der Waals surface area contributed by atoms with Crippen molar-refractivity contribution in [3.63, 3.8) is 0 Å². The molecular formula is C18H19Cl2FN2. The van der Waals surface area contributed by atoms with E-state index in [1.54, 1.807) is 6.07 Å². The van der Waals surface area contributed by atoms with Crippen molar-refractivity contribution in [1.29, 1.82) is 0 Å². The van der Waals surface area contributed by atoms with E-state index in [4.69, 9.17) is 23.2 Å². The monoisotopic (exact) mass is 352 g/mol. The second-order valence-corrected chi connectivity index (χ2v) is 6.64. The highest BCUT2D eigenvalue weighted by atomic mass is 35.5. The molecule has 0 spiro atoms. The third kappa shape index (κ3) is 4.37. The van der Waals surface area contributed by atoms with Crippen LogP contribution in [0.15, 0.2) is 42.5 Å². The zero-order chi connectivity index (χ0) is 16.2. The standard InChI is InChI=1S/C18H19Cl2FN2/c19-15-3-6-18(17(20)13-15)23-11-9-22(10-12-23)8-7-14-1-4-16(21)5-2-14/h1-6,13H,7-12H2. The first-order valence-corrected chi connectivity index (χ1v) is 8.54. The Bertz CT molecular complexity index is 653. The Balaban J connectivity index is 1.51. The third-order valence-electron chi connectivity index (χ3n) is 4.25. The van der Waals surface area contributed by atoms with Crippen LogP contribution in [0.3, 0.4) is 0 Å². The number of piperazine rings is 1. The topological polar surface area (TPSA) is 6.48 Å². The molecule has 1 heterocycles. The Morgan fingerprint density at radius 2 is 1.61 bits per heavy atom. The highest BCUT2D eigenvalue weighted by molar-refractivity contribution is 6.36. The van der Waals surface area contributed by atoms with Gasteiger partial charge in [0.15, 0.2) is 0 Å². The lowest BCUT2D eigenvalue weighted by atomic mass is 10.1. The van der Waals surface area contributed by atoms with Crippen molar-refractivity contribution in [3.8, 4) is 0 Å². The number of rotatable bonds is 4. The molecule has 0 saturated carbocycles. The largest absolute Gasteiger partial charge is 0.368 e. The minimum Gasteiger partial charge on any atom is -0.368 e. The first-order chi connectivity index (χ1) is 11.1. The maximum absolute atomic E-state index is 12.9. The molecule has 0 aliphatic carbocycles. The van der Waals surface area contributed by atoms with E-state index in [0.29, 0.717) is 10.0 Å². The van der Waals surface area contributed by atoms with Crippen LogP contribution >= 0.6 is 23.2 Å². The first kappa shape index (κ1) is 16.6. The molecule has 1 aliphatic heterocycles. The van der Waals surface area contributed by atoms with Gasteiger partial charge in [0, 0.05) is 37.7 Å². The summed E-state index contributed by atoms with van der Waals surface area (Å²) in [5.41, 5.74) is 2.23. The average Bonchev–Trinajstić information content (AvgIpc) is 2.55. The molecule has 3 rings (SSSR count). The van der Waals surface area contributed by atoms with Crippen molar-refractivity contribution < 1.29 is 4.39 Å². The molecule has 122 valence electrons. The molecule has 0 amide bonds. The molecule has 5 heteroatoms. The minimum atomic E-state index is -0.179. The zero-order valence-electron chi connectivity index (χ0n) is 12.8. The van der Waals surface area contributed by atoms with Crippen molar-refractivity contribution in [2.75, 3.05) is 37.6 Å². The van der Waals surface area contributed by atoms with Gasteiger partial charge in [0.2, 0.25) is 0 Å². The number of halogens is 3. The Kier molecular flexibility index (Phi) is 5.42. The molecule has 0 aromatic heterocycles. The molecule has 1 saturated heterocycles. The second kappa shape index (κ2) is 7.52. The van der Waals surface area contributed by atoms with Crippen molar-refractivity contribution in [1.82, 2.24) is 4.90 Å². The highest BCUT2D eigenvalue weighted by Crippen LogP contribution is 2.29. The first-order valence-electron chi connectivity index (χ1n) is 7.78. The number of benzene rings is 2. The van der Waals surface area contributed by atoms with Crippen LogP contribution in [0.1, 0.15) is 5.56 Å². The summed E-state index contributed by atoms with van der Waals surface area (Å²) in [6.07, 6.45) is 0.946. The van der Waals surface area contributed by atoms with Crippen molar-refractivity contribution >= 4 is 28.9 Å². The Labute approximate surface area is 146 Å². The summed E-state index contributed by atoms with van der Waals surface area (Å²) in [7, 11) is 0. The molecule has 0 N–H and O–H groups in total. The van der Waals surface area contributed by atoms with Crippen LogP contribution in [0.5, 0.6) is 0 Å². The van der Waals surface area contributed by atoms with E-state index in [-0.39, 0.29) is 5.82 Å². The summed E-state index contributed by atoms with van der Waals surface area (Å²) in [5.74, 6) is -0.179. The molecule has 0 radical (unpaired) electrons. The summed E-state index contributed by atoms with van der Waals surface area (Å²) in [4.78, 5) is 4.73. The number of hydrogen-bond acceptors (Lipinski definition) is 2. The molecule has 0 bridgehead atoms. The van der Waals surface area contributed by atoms with Gasteiger partial charge >= 0.3 is 0 Å². The van der Waals surface area contributed by atoms with Crippen LogP contribution in [-0.4, -0.2) is 37.6 Å². The summed E-state index contributed by atoms with van der Waals surface area (Å²) in [6, 6.07) is 12.4. The molecular weight excluding hydrogens is 334 g/mol. The van der Waals surface area contributed by atoms with Gasteiger partial charge in [-0.15, -0.1) is 0 Å². The third-order valence-corrected chi connectivity index (χ3v) is 4.79. The Hall–Kier alpha value is -1.29. The summed E-state index contributed by atoms with van der Waals surface area (Å²) < 4.78 is 12.9. The average molecular weight is 353 g/mol. The molecule has 2 nitrogen and oxygen atoms in total. The van der Waals surface area contributed by atoms with Crippen LogP contribution in [0.2, 0.25) is 10.0 Å². The van der Waals surface area contributed by atoms with Gasteiger partial charge < -0.3 is 4.90 Å². The lowest BCUT2D eigenvalue weighted by molar-refractivity contribution is 0.261. The normalized spacial score (nSPS) is 15.9. The highest BCUT2D eigenvalue weighted by Gasteiger charge is 2.18. The molecule has 0 unspecified atom stereocenters. The fraction of sp³-hybridized carbons (Fsp3) is 0.333. The number of anilines is 1. The smallest absolute Gasteiger partial charge is 0.123 e. The predicted molar refractivity (Wildman–Crippen MR) is 95.2 cm³/mol. The Morgan fingerprint density at radius 3 is 2.26 bits per heavy atom. The molecule has 23 heavy (non-hydrogen) atoms. The van der Waals surface area contributed by atoms with Gasteiger partial charge in [-0.2, -0.15) is 0 Å². The van der Waals surface area contributed by atoms with Crippen molar-refractivity contribution in [2.45, 2.75) is 6.42 Å².